The van der Waals surface area contributed by atoms with Gasteiger partial charge < -0.3 is 4.98 Å². The summed E-state index contributed by atoms with van der Waals surface area (Å²) >= 11 is 4.71. The largest absolute Gasteiger partial charge is 0.301 e. The molecule has 0 aliphatic carbocycles. The predicted molar refractivity (Wildman–Crippen MR) is 73.3 cm³/mol. The lowest BCUT2D eigenvalue weighted by Crippen LogP contribution is -2.08. The van der Waals surface area contributed by atoms with Gasteiger partial charge in [0.2, 0.25) is 0 Å². The van der Waals surface area contributed by atoms with E-state index in [0.717, 1.165) is 5.56 Å². The number of aromatic nitrogens is 2. The lowest BCUT2D eigenvalue weighted by Gasteiger charge is -2.04. The summed E-state index contributed by atoms with van der Waals surface area (Å²) in [6, 6.07) is 5.98. The maximum absolute atomic E-state index is 12.9. The van der Waals surface area contributed by atoms with E-state index in [0.29, 0.717) is 21.1 Å². The summed E-state index contributed by atoms with van der Waals surface area (Å²) in [6.07, 6.45) is 0. The Bertz CT molecular complexity index is 630. The number of H-pyrrole nitrogens is 1. The molecule has 3 nitrogen and oxygen atoms in total. The van der Waals surface area contributed by atoms with Gasteiger partial charge in [0.05, 0.1) is 0 Å². The molecule has 1 N–H and O–H groups in total. The maximum Gasteiger partial charge on any atom is 0.251 e. The fourth-order valence-corrected chi connectivity index (χ4v) is 3.01. The minimum absolute atomic E-state index is 0.164. The standard InChI is InChI=1S/C12H10BrFN2OS/c1-7-4-11(17)16-12(15-7)18-6-8-2-3-9(14)5-10(8)13/h2-5H,6H2,1H3,(H,15,16,17). The van der Waals surface area contributed by atoms with Crippen LogP contribution in [0.4, 0.5) is 4.39 Å². The van der Waals surface area contributed by atoms with E-state index in [4.69, 9.17) is 0 Å². The first kappa shape index (κ1) is 13.3. The Balaban J connectivity index is 2.13. The third kappa shape index (κ3) is 3.43. The van der Waals surface area contributed by atoms with Crippen molar-refractivity contribution in [2.45, 2.75) is 17.8 Å². The van der Waals surface area contributed by atoms with E-state index < -0.39 is 0 Å². The summed E-state index contributed by atoms with van der Waals surface area (Å²) in [4.78, 5) is 18.1. The van der Waals surface area contributed by atoms with Gasteiger partial charge in [-0.3, -0.25) is 4.79 Å². The molecule has 1 heterocycles. The van der Waals surface area contributed by atoms with Crippen molar-refractivity contribution in [2.24, 2.45) is 0 Å². The molecule has 0 aliphatic rings. The Morgan fingerprint density at radius 2 is 2.22 bits per heavy atom. The molecular formula is C12H10BrFN2OS. The molecule has 0 saturated carbocycles. The molecule has 0 radical (unpaired) electrons. The number of nitrogens with one attached hydrogen (secondary N) is 1. The molecule has 0 fully saturated rings. The summed E-state index contributed by atoms with van der Waals surface area (Å²) in [7, 11) is 0. The third-order valence-corrected chi connectivity index (χ3v) is 3.89. The van der Waals surface area contributed by atoms with E-state index in [-0.39, 0.29) is 11.4 Å². The molecule has 94 valence electrons. The lowest BCUT2D eigenvalue weighted by molar-refractivity contribution is 0.626. The summed E-state index contributed by atoms with van der Waals surface area (Å²) in [5.74, 6) is 0.325. The van der Waals surface area contributed by atoms with Crippen molar-refractivity contribution in [3.05, 3.63) is 56.2 Å². The van der Waals surface area contributed by atoms with Gasteiger partial charge in [-0.15, -0.1) is 0 Å². The highest BCUT2D eigenvalue weighted by Crippen LogP contribution is 2.25. The summed E-state index contributed by atoms with van der Waals surface area (Å²) in [6.45, 7) is 1.77. The first-order valence-corrected chi connectivity index (χ1v) is 6.97. The van der Waals surface area contributed by atoms with Crippen LogP contribution in [0, 0.1) is 12.7 Å². The van der Waals surface area contributed by atoms with Gasteiger partial charge in [0.25, 0.3) is 5.56 Å². The van der Waals surface area contributed by atoms with Crippen LogP contribution in [0.15, 0.2) is 38.7 Å². The molecule has 0 aliphatic heterocycles. The molecule has 0 spiro atoms. The first-order valence-electron chi connectivity index (χ1n) is 5.19. The monoisotopic (exact) mass is 328 g/mol. The van der Waals surface area contributed by atoms with Crippen LogP contribution >= 0.6 is 27.7 Å². The zero-order valence-electron chi connectivity index (χ0n) is 9.54. The van der Waals surface area contributed by atoms with E-state index in [1.165, 1.54) is 30.0 Å². The number of hydrogen-bond donors (Lipinski definition) is 1. The Hall–Kier alpha value is -1.14. The highest BCUT2D eigenvalue weighted by Gasteiger charge is 2.04. The van der Waals surface area contributed by atoms with Gasteiger partial charge in [0.15, 0.2) is 5.16 Å². The molecule has 0 bridgehead atoms. The summed E-state index contributed by atoms with van der Waals surface area (Å²) in [5.41, 5.74) is 1.47. The molecule has 2 aromatic rings. The topological polar surface area (TPSA) is 45.8 Å². The van der Waals surface area contributed by atoms with Crippen molar-refractivity contribution in [1.29, 1.82) is 0 Å². The second-order valence-electron chi connectivity index (χ2n) is 3.72. The van der Waals surface area contributed by atoms with E-state index in [1.54, 1.807) is 13.0 Å². The number of rotatable bonds is 3. The number of aromatic amines is 1. The average Bonchev–Trinajstić information content (AvgIpc) is 2.26. The van der Waals surface area contributed by atoms with Gasteiger partial charge >= 0.3 is 0 Å². The van der Waals surface area contributed by atoms with Crippen LogP contribution in [0.2, 0.25) is 0 Å². The van der Waals surface area contributed by atoms with Crippen molar-refractivity contribution in [3.8, 4) is 0 Å². The van der Waals surface area contributed by atoms with Crippen LogP contribution in [-0.2, 0) is 5.75 Å². The zero-order chi connectivity index (χ0) is 13.1. The molecule has 0 unspecified atom stereocenters. The second-order valence-corrected chi connectivity index (χ2v) is 5.53. The Kier molecular flexibility index (Phi) is 4.19. The fourth-order valence-electron chi connectivity index (χ4n) is 1.40. The Labute approximate surface area is 116 Å². The lowest BCUT2D eigenvalue weighted by atomic mass is 10.2. The molecule has 0 atom stereocenters. The molecule has 18 heavy (non-hydrogen) atoms. The number of benzene rings is 1. The maximum atomic E-state index is 12.9. The SMILES string of the molecule is Cc1cc(=O)[nH]c(SCc2ccc(F)cc2Br)n1. The van der Waals surface area contributed by atoms with E-state index in [1.807, 2.05) is 0 Å². The number of hydrogen-bond acceptors (Lipinski definition) is 3. The molecular weight excluding hydrogens is 319 g/mol. The third-order valence-electron chi connectivity index (χ3n) is 2.23. The van der Waals surface area contributed by atoms with E-state index in [9.17, 15) is 9.18 Å². The van der Waals surface area contributed by atoms with Crippen LogP contribution in [0.3, 0.4) is 0 Å². The summed E-state index contributed by atoms with van der Waals surface area (Å²) < 4.78 is 13.6. The Morgan fingerprint density at radius 1 is 1.44 bits per heavy atom. The van der Waals surface area contributed by atoms with E-state index >= 15 is 0 Å². The van der Waals surface area contributed by atoms with Gasteiger partial charge in [-0.05, 0) is 24.6 Å². The number of nitrogens with zero attached hydrogens (tertiary/aromatic N) is 1. The molecule has 6 heteroatoms. The van der Waals surface area contributed by atoms with Gasteiger partial charge in [-0.25, -0.2) is 9.37 Å². The highest BCUT2D eigenvalue weighted by molar-refractivity contribution is 9.10. The second kappa shape index (κ2) is 5.67. The number of thioether (sulfide) groups is 1. The van der Waals surface area contributed by atoms with Crippen molar-refractivity contribution in [1.82, 2.24) is 9.97 Å². The molecule has 2 rings (SSSR count). The van der Waals surface area contributed by atoms with Crippen LogP contribution in [-0.4, -0.2) is 9.97 Å². The number of aryl methyl sites for hydroxylation is 1. The van der Waals surface area contributed by atoms with Crippen LogP contribution < -0.4 is 5.56 Å². The quantitative estimate of drug-likeness (QED) is 0.694. The van der Waals surface area contributed by atoms with Gasteiger partial charge in [0, 0.05) is 22.0 Å². The van der Waals surface area contributed by atoms with Gasteiger partial charge in [0.1, 0.15) is 5.82 Å². The van der Waals surface area contributed by atoms with Crippen molar-refractivity contribution >= 4 is 27.7 Å². The van der Waals surface area contributed by atoms with Crippen molar-refractivity contribution in [2.75, 3.05) is 0 Å². The average molecular weight is 329 g/mol. The minimum atomic E-state index is -0.280. The molecule has 0 amide bonds. The summed E-state index contributed by atoms with van der Waals surface area (Å²) in [5, 5.41) is 0.566. The van der Waals surface area contributed by atoms with Gasteiger partial charge in [-0.1, -0.05) is 33.8 Å². The number of halogens is 2. The van der Waals surface area contributed by atoms with Crippen LogP contribution in [0.1, 0.15) is 11.3 Å². The van der Waals surface area contributed by atoms with Crippen molar-refractivity contribution < 1.29 is 4.39 Å². The van der Waals surface area contributed by atoms with Crippen LogP contribution in [0.5, 0.6) is 0 Å². The molecule has 1 aromatic carbocycles. The predicted octanol–water partition coefficient (Wildman–Crippen LogP) is 3.27. The highest BCUT2D eigenvalue weighted by atomic mass is 79.9. The van der Waals surface area contributed by atoms with Crippen molar-refractivity contribution in [3.63, 3.8) is 0 Å². The fraction of sp³-hybridized carbons (Fsp3) is 0.167. The van der Waals surface area contributed by atoms with Gasteiger partial charge in [-0.2, -0.15) is 0 Å². The van der Waals surface area contributed by atoms with E-state index in [2.05, 4.69) is 25.9 Å². The zero-order valence-corrected chi connectivity index (χ0v) is 11.9. The van der Waals surface area contributed by atoms with Crippen LogP contribution in [0.25, 0.3) is 0 Å². The smallest absolute Gasteiger partial charge is 0.251 e. The first-order chi connectivity index (χ1) is 8.54. The molecule has 0 saturated heterocycles. The Morgan fingerprint density at radius 3 is 2.89 bits per heavy atom. The molecule has 1 aromatic heterocycles. The normalized spacial score (nSPS) is 10.6. The minimum Gasteiger partial charge on any atom is -0.301 e.